The van der Waals surface area contributed by atoms with Gasteiger partial charge in [0.1, 0.15) is 11.9 Å². The number of likely N-dealkylation sites (tertiary alicyclic amines) is 1. The fourth-order valence-corrected chi connectivity index (χ4v) is 3.56. The van der Waals surface area contributed by atoms with Gasteiger partial charge in [-0.3, -0.25) is 9.69 Å². The maximum atomic E-state index is 13.1. The highest BCUT2D eigenvalue weighted by Crippen LogP contribution is 2.27. The molecule has 138 valence electrons. The minimum Gasteiger partial charge on any atom is -0.324 e. The second kappa shape index (κ2) is 8.43. The van der Waals surface area contributed by atoms with Crippen LogP contribution in [0.2, 0.25) is 0 Å². The van der Waals surface area contributed by atoms with Gasteiger partial charge in [-0.15, -0.1) is 0 Å². The SMILES string of the molecule is CN1CCC(N(C)[C@H](C(=O)Nc2ccc(F)cc2)c2ccccc2)CC1. The third-order valence-corrected chi connectivity index (χ3v) is 5.15. The number of likely N-dealkylation sites (N-methyl/N-ethyl adjacent to an activating group) is 1. The van der Waals surface area contributed by atoms with E-state index in [0.717, 1.165) is 31.5 Å². The van der Waals surface area contributed by atoms with Gasteiger partial charge in [-0.25, -0.2) is 4.39 Å². The normalized spacial score (nSPS) is 17.2. The van der Waals surface area contributed by atoms with Crippen LogP contribution in [0.15, 0.2) is 54.6 Å². The number of anilines is 1. The summed E-state index contributed by atoms with van der Waals surface area (Å²) < 4.78 is 13.1. The number of amides is 1. The second-order valence-corrected chi connectivity index (χ2v) is 7.01. The van der Waals surface area contributed by atoms with E-state index in [-0.39, 0.29) is 17.8 Å². The predicted octanol–water partition coefficient (Wildman–Crippen LogP) is 3.53. The lowest BCUT2D eigenvalue weighted by molar-refractivity contribution is -0.122. The van der Waals surface area contributed by atoms with Crippen LogP contribution in [0.4, 0.5) is 10.1 Å². The number of halogens is 1. The Labute approximate surface area is 154 Å². The van der Waals surface area contributed by atoms with Crippen LogP contribution in [-0.2, 0) is 4.79 Å². The molecule has 1 fully saturated rings. The van der Waals surface area contributed by atoms with Gasteiger partial charge >= 0.3 is 0 Å². The van der Waals surface area contributed by atoms with Crippen molar-refractivity contribution in [1.82, 2.24) is 9.80 Å². The Hall–Kier alpha value is -2.24. The number of rotatable bonds is 5. The van der Waals surface area contributed by atoms with Gasteiger partial charge in [0.25, 0.3) is 0 Å². The molecule has 1 amide bonds. The van der Waals surface area contributed by atoms with E-state index in [9.17, 15) is 9.18 Å². The summed E-state index contributed by atoms with van der Waals surface area (Å²) in [6.45, 7) is 2.08. The lowest BCUT2D eigenvalue weighted by Crippen LogP contribution is -2.46. The molecule has 1 aliphatic heterocycles. The Kier molecular flexibility index (Phi) is 6.01. The average molecular weight is 355 g/mol. The molecule has 3 rings (SSSR count). The van der Waals surface area contributed by atoms with Crippen LogP contribution in [0.3, 0.4) is 0 Å². The van der Waals surface area contributed by atoms with E-state index in [0.29, 0.717) is 11.7 Å². The van der Waals surface area contributed by atoms with Crippen molar-refractivity contribution >= 4 is 11.6 Å². The average Bonchev–Trinajstić information content (AvgIpc) is 2.65. The smallest absolute Gasteiger partial charge is 0.246 e. The van der Waals surface area contributed by atoms with Crippen molar-refractivity contribution in [3.63, 3.8) is 0 Å². The van der Waals surface area contributed by atoms with Crippen molar-refractivity contribution in [2.24, 2.45) is 0 Å². The highest BCUT2D eigenvalue weighted by molar-refractivity contribution is 5.95. The number of hydrogen-bond acceptors (Lipinski definition) is 3. The molecule has 0 radical (unpaired) electrons. The van der Waals surface area contributed by atoms with Crippen LogP contribution >= 0.6 is 0 Å². The maximum absolute atomic E-state index is 13.1. The van der Waals surface area contributed by atoms with Crippen molar-refractivity contribution in [2.45, 2.75) is 24.9 Å². The molecule has 0 aliphatic carbocycles. The summed E-state index contributed by atoms with van der Waals surface area (Å²) in [7, 11) is 4.16. The molecule has 0 spiro atoms. The van der Waals surface area contributed by atoms with E-state index in [1.54, 1.807) is 12.1 Å². The molecule has 1 atom stereocenters. The highest BCUT2D eigenvalue weighted by atomic mass is 19.1. The number of nitrogens with zero attached hydrogens (tertiary/aromatic N) is 2. The highest BCUT2D eigenvalue weighted by Gasteiger charge is 2.31. The molecule has 2 aromatic rings. The first kappa shape index (κ1) is 18.5. The van der Waals surface area contributed by atoms with Crippen LogP contribution in [-0.4, -0.2) is 48.9 Å². The van der Waals surface area contributed by atoms with Crippen LogP contribution in [0.25, 0.3) is 0 Å². The van der Waals surface area contributed by atoms with Gasteiger partial charge in [0, 0.05) is 11.7 Å². The third kappa shape index (κ3) is 4.48. The molecule has 4 nitrogen and oxygen atoms in total. The largest absolute Gasteiger partial charge is 0.324 e. The molecule has 1 N–H and O–H groups in total. The van der Waals surface area contributed by atoms with Crippen molar-refractivity contribution < 1.29 is 9.18 Å². The Bertz CT molecular complexity index is 712. The second-order valence-electron chi connectivity index (χ2n) is 7.01. The number of carbonyl (C=O) groups is 1. The zero-order chi connectivity index (χ0) is 18.5. The van der Waals surface area contributed by atoms with Crippen molar-refractivity contribution in [2.75, 3.05) is 32.5 Å². The zero-order valence-electron chi connectivity index (χ0n) is 15.4. The monoisotopic (exact) mass is 355 g/mol. The molecule has 0 unspecified atom stereocenters. The Balaban J connectivity index is 1.81. The van der Waals surface area contributed by atoms with E-state index >= 15 is 0 Å². The fraction of sp³-hybridized carbons (Fsp3) is 0.381. The van der Waals surface area contributed by atoms with E-state index in [1.165, 1.54) is 12.1 Å². The number of piperidine rings is 1. The summed E-state index contributed by atoms with van der Waals surface area (Å²) in [6.07, 6.45) is 2.08. The summed E-state index contributed by atoms with van der Waals surface area (Å²) in [5.41, 5.74) is 1.57. The summed E-state index contributed by atoms with van der Waals surface area (Å²) >= 11 is 0. The quantitative estimate of drug-likeness (QED) is 0.891. The van der Waals surface area contributed by atoms with Gasteiger partial charge in [0.2, 0.25) is 5.91 Å². The number of hydrogen-bond donors (Lipinski definition) is 1. The van der Waals surface area contributed by atoms with Gasteiger partial charge in [-0.1, -0.05) is 30.3 Å². The first-order valence-corrected chi connectivity index (χ1v) is 9.06. The number of benzene rings is 2. The Morgan fingerprint density at radius 2 is 1.73 bits per heavy atom. The van der Waals surface area contributed by atoms with Crippen LogP contribution < -0.4 is 5.32 Å². The fourth-order valence-electron chi connectivity index (χ4n) is 3.56. The summed E-state index contributed by atoms with van der Waals surface area (Å²) in [5, 5.41) is 2.94. The molecule has 26 heavy (non-hydrogen) atoms. The lowest BCUT2D eigenvalue weighted by atomic mass is 9.98. The molecule has 1 aliphatic rings. The summed E-state index contributed by atoms with van der Waals surface area (Å²) in [6, 6.07) is 15.7. The molecule has 5 heteroatoms. The predicted molar refractivity (Wildman–Crippen MR) is 102 cm³/mol. The molecule has 1 heterocycles. The minimum absolute atomic E-state index is 0.0933. The van der Waals surface area contributed by atoms with Gasteiger partial charge < -0.3 is 10.2 Å². The molecule has 0 bridgehead atoms. The topological polar surface area (TPSA) is 35.6 Å². The Morgan fingerprint density at radius 3 is 2.35 bits per heavy atom. The van der Waals surface area contributed by atoms with Crippen LogP contribution in [0.5, 0.6) is 0 Å². The van der Waals surface area contributed by atoms with Crippen molar-refractivity contribution in [3.8, 4) is 0 Å². The van der Waals surface area contributed by atoms with Crippen molar-refractivity contribution in [3.05, 3.63) is 66.0 Å². The Morgan fingerprint density at radius 1 is 1.12 bits per heavy atom. The molecular weight excluding hydrogens is 329 g/mol. The van der Waals surface area contributed by atoms with Crippen molar-refractivity contribution in [1.29, 1.82) is 0 Å². The molecule has 1 saturated heterocycles. The minimum atomic E-state index is -0.380. The van der Waals surface area contributed by atoms with Gasteiger partial charge in [0.05, 0.1) is 0 Å². The van der Waals surface area contributed by atoms with E-state index < -0.39 is 0 Å². The first-order chi connectivity index (χ1) is 12.5. The number of carbonyl (C=O) groups excluding carboxylic acids is 1. The third-order valence-electron chi connectivity index (χ3n) is 5.15. The van der Waals surface area contributed by atoms with E-state index in [4.69, 9.17) is 0 Å². The van der Waals surface area contributed by atoms with E-state index in [1.807, 2.05) is 37.4 Å². The summed E-state index contributed by atoms with van der Waals surface area (Å²) in [5.74, 6) is -0.407. The zero-order valence-corrected chi connectivity index (χ0v) is 15.4. The summed E-state index contributed by atoms with van der Waals surface area (Å²) in [4.78, 5) is 17.6. The van der Waals surface area contributed by atoms with Gasteiger partial charge in [0.15, 0.2) is 0 Å². The molecular formula is C21H26FN3O. The molecule has 0 aromatic heterocycles. The van der Waals surface area contributed by atoms with Gasteiger partial charge in [-0.05, 0) is 69.9 Å². The van der Waals surface area contributed by atoms with Crippen LogP contribution in [0, 0.1) is 5.82 Å². The standard InChI is InChI=1S/C21H26FN3O/c1-24-14-12-19(13-15-24)25(2)20(16-6-4-3-5-7-16)21(26)23-18-10-8-17(22)9-11-18/h3-11,19-20H,12-15H2,1-2H3,(H,23,26)/t20-/m0/s1. The first-order valence-electron chi connectivity index (χ1n) is 9.06. The maximum Gasteiger partial charge on any atom is 0.246 e. The lowest BCUT2D eigenvalue weighted by Gasteiger charge is -2.39. The van der Waals surface area contributed by atoms with Gasteiger partial charge in [-0.2, -0.15) is 0 Å². The van der Waals surface area contributed by atoms with E-state index in [2.05, 4.69) is 22.2 Å². The number of nitrogens with one attached hydrogen (secondary N) is 1. The molecule has 0 saturated carbocycles. The molecule has 2 aromatic carbocycles. The van der Waals surface area contributed by atoms with Crippen LogP contribution in [0.1, 0.15) is 24.4 Å².